The van der Waals surface area contributed by atoms with Crippen LogP contribution in [-0.4, -0.2) is 49.9 Å². The lowest BCUT2D eigenvalue weighted by Gasteiger charge is -2.43. The summed E-state index contributed by atoms with van der Waals surface area (Å²) in [5.74, 6) is 0. The molecule has 0 radical (unpaired) electrons. The van der Waals surface area contributed by atoms with E-state index in [0.717, 1.165) is 32.8 Å². The van der Waals surface area contributed by atoms with Gasteiger partial charge in [-0.25, -0.2) is 0 Å². The molecule has 1 aromatic rings. The molecule has 1 aromatic carbocycles. The number of nitrogens with one attached hydrogen (secondary N) is 1. The van der Waals surface area contributed by atoms with Gasteiger partial charge in [0.25, 0.3) is 0 Å². The predicted molar refractivity (Wildman–Crippen MR) is 79.3 cm³/mol. The van der Waals surface area contributed by atoms with E-state index in [4.69, 9.17) is 4.74 Å². The summed E-state index contributed by atoms with van der Waals surface area (Å²) in [6, 6.07) is 7.43. The van der Waals surface area contributed by atoms with Crippen molar-refractivity contribution in [2.45, 2.75) is 25.1 Å². The Bertz CT molecular complexity index is 537. The molecule has 0 aliphatic carbocycles. The molecule has 3 heterocycles. The zero-order chi connectivity index (χ0) is 13.5. The monoisotopic (exact) mass is 271 g/mol. The lowest BCUT2D eigenvalue weighted by Crippen LogP contribution is -2.57. The molecule has 0 amide bonds. The minimum atomic E-state index is 0.211. The van der Waals surface area contributed by atoms with E-state index in [1.165, 1.54) is 16.7 Å². The van der Waals surface area contributed by atoms with Crippen molar-refractivity contribution in [2.24, 2.45) is 4.99 Å². The average molecular weight is 271 g/mol. The van der Waals surface area contributed by atoms with Crippen molar-refractivity contribution in [2.75, 3.05) is 32.8 Å². The van der Waals surface area contributed by atoms with E-state index >= 15 is 0 Å². The summed E-state index contributed by atoms with van der Waals surface area (Å²) in [5.41, 5.74) is 4.04. The van der Waals surface area contributed by atoms with Crippen LogP contribution >= 0.6 is 0 Å². The maximum Gasteiger partial charge on any atom is 0.110 e. The first-order valence-electron chi connectivity index (χ1n) is 7.52. The van der Waals surface area contributed by atoms with Crippen molar-refractivity contribution in [3.05, 3.63) is 34.9 Å². The maximum atomic E-state index is 6.15. The van der Waals surface area contributed by atoms with E-state index in [9.17, 15) is 0 Å². The summed E-state index contributed by atoms with van der Waals surface area (Å²) < 4.78 is 6.15. The van der Waals surface area contributed by atoms with Gasteiger partial charge in [0.15, 0.2) is 0 Å². The third kappa shape index (κ3) is 2.18. The molecule has 3 atom stereocenters. The molecule has 4 rings (SSSR count). The van der Waals surface area contributed by atoms with Crippen molar-refractivity contribution in [3.63, 3.8) is 0 Å². The smallest absolute Gasteiger partial charge is 0.110 e. The maximum absolute atomic E-state index is 6.15. The average Bonchev–Trinajstić information content (AvgIpc) is 3.32. The molecule has 106 valence electrons. The van der Waals surface area contributed by atoms with Gasteiger partial charge in [0.1, 0.15) is 6.04 Å². The molecular weight excluding hydrogens is 250 g/mol. The molecule has 2 fully saturated rings. The molecule has 20 heavy (non-hydrogen) atoms. The van der Waals surface area contributed by atoms with Crippen molar-refractivity contribution in [3.8, 4) is 0 Å². The van der Waals surface area contributed by atoms with Gasteiger partial charge in [-0.2, -0.15) is 0 Å². The lowest BCUT2D eigenvalue weighted by molar-refractivity contribution is -0.0720. The molecular formula is C16H21N3O. The Morgan fingerprint density at radius 2 is 2.20 bits per heavy atom. The molecule has 1 N–H and O–H groups in total. The van der Waals surface area contributed by atoms with Gasteiger partial charge in [-0.05, 0) is 23.6 Å². The quantitative estimate of drug-likeness (QED) is 0.885. The normalized spacial score (nSPS) is 33.0. The van der Waals surface area contributed by atoms with Gasteiger partial charge in [0.05, 0.1) is 12.7 Å². The highest BCUT2D eigenvalue weighted by atomic mass is 16.5. The van der Waals surface area contributed by atoms with Crippen molar-refractivity contribution >= 4 is 6.21 Å². The van der Waals surface area contributed by atoms with Crippen LogP contribution in [0.2, 0.25) is 0 Å². The zero-order valence-electron chi connectivity index (χ0n) is 11.9. The van der Waals surface area contributed by atoms with Gasteiger partial charge < -0.3 is 10.1 Å². The van der Waals surface area contributed by atoms with E-state index in [1.54, 1.807) is 0 Å². The summed E-state index contributed by atoms with van der Waals surface area (Å²) in [5, 5.41) is 3.44. The topological polar surface area (TPSA) is 36.9 Å². The summed E-state index contributed by atoms with van der Waals surface area (Å²) >= 11 is 0. The third-order valence-electron chi connectivity index (χ3n) is 4.74. The van der Waals surface area contributed by atoms with Gasteiger partial charge in [-0.3, -0.25) is 9.89 Å². The second-order valence-electron chi connectivity index (χ2n) is 5.98. The predicted octanol–water partition coefficient (Wildman–Crippen LogP) is 1.47. The molecule has 3 aliphatic rings. The number of morpholine rings is 1. The van der Waals surface area contributed by atoms with E-state index < -0.39 is 0 Å². The summed E-state index contributed by atoms with van der Waals surface area (Å²) in [6.45, 7) is 7.35. The Morgan fingerprint density at radius 3 is 3.05 bits per heavy atom. The second-order valence-corrected chi connectivity index (χ2v) is 5.98. The molecule has 0 bridgehead atoms. The lowest BCUT2D eigenvalue weighted by atomic mass is 9.94. The highest BCUT2D eigenvalue weighted by Crippen LogP contribution is 2.34. The highest BCUT2D eigenvalue weighted by molar-refractivity contribution is 5.80. The number of benzene rings is 1. The van der Waals surface area contributed by atoms with Crippen LogP contribution in [-0.2, 0) is 4.74 Å². The van der Waals surface area contributed by atoms with E-state index in [-0.39, 0.29) is 6.10 Å². The Balaban J connectivity index is 1.57. The van der Waals surface area contributed by atoms with Crippen LogP contribution in [0.25, 0.3) is 0 Å². The molecule has 3 aliphatic heterocycles. The zero-order valence-corrected chi connectivity index (χ0v) is 11.9. The van der Waals surface area contributed by atoms with Gasteiger partial charge in [-0.15, -0.1) is 0 Å². The fourth-order valence-corrected chi connectivity index (χ4v) is 3.43. The van der Waals surface area contributed by atoms with Gasteiger partial charge in [-0.1, -0.05) is 18.2 Å². The van der Waals surface area contributed by atoms with Crippen LogP contribution < -0.4 is 5.32 Å². The minimum Gasteiger partial charge on any atom is -0.370 e. The molecule has 0 aromatic heterocycles. The van der Waals surface area contributed by atoms with Gasteiger partial charge in [0, 0.05) is 38.4 Å². The summed E-state index contributed by atoms with van der Waals surface area (Å²) in [7, 11) is 0. The van der Waals surface area contributed by atoms with Crippen LogP contribution in [0.3, 0.4) is 0 Å². The van der Waals surface area contributed by atoms with Crippen LogP contribution in [0.15, 0.2) is 23.2 Å². The fourth-order valence-electron chi connectivity index (χ4n) is 3.43. The number of rotatable bonds is 2. The summed E-state index contributed by atoms with van der Waals surface area (Å²) in [6.07, 6.45) is 2.23. The van der Waals surface area contributed by atoms with E-state index in [2.05, 4.69) is 40.3 Å². The number of piperazine rings is 1. The van der Waals surface area contributed by atoms with Crippen molar-refractivity contribution < 1.29 is 4.74 Å². The van der Waals surface area contributed by atoms with Crippen molar-refractivity contribution in [1.29, 1.82) is 0 Å². The third-order valence-corrected chi connectivity index (χ3v) is 4.74. The molecule has 0 saturated carbocycles. The highest BCUT2D eigenvalue weighted by Gasteiger charge is 2.32. The Labute approximate surface area is 119 Å². The van der Waals surface area contributed by atoms with Crippen molar-refractivity contribution in [1.82, 2.24) is 10.2 Å². The molecule has 0 spiro atoms. The summed E-state index contributed by atoms with van der Waals surface area (Å²) in [4.78, 5) is 6.87. The van der Waals surface area contributed by atoms with E-state index in [0.29, 0.717) is 12.1 Å². The number of hydrogen-bond donors (Lipinski definition) is 1. The molecule has 4 heteroatoms. The number of hydrogen-bond acceptors (Lipinski definition) is 4. The largest absolute Gasteiger partial charge is 0.370 e. The number of fused-ring (bicyclic) bond motifs is 1. The Hall–Kier alpha value is -1.23. The molecule has 1 unspecified atom stereocenters. The van der Waals surface area contributed by atoms with Gasteiger partial charge in [0.2, 0.25) is 0 Å². The minimum absolute atomic E-state index is 0.211. The number of nitrogens with zero attached hydrogens (tertiary/aromatic N) is 2. The first-order valence-corrected chi connectivity index (χ1v) is 7.52. The first kappa shape index (κ1) is 12.5. The van der Waals surface area contributed by atoms with Gasteiger partial charge >= 0.3 is 0 Å². The van der Waals surface area contributed by atoms with Crippen LogP contribution in [0.5, 0.6) is 0 Å². The number of ether oxygens (including phenoxy) is 1. The SMILES string of the molecule is Cc1c(C2C=N2)cccc1[C@@H]1CN2CCNC[C@@H]2CO1. The van der Waals surface area contributed by atoms with Crippen LogP contribution in [0, 0.1) is 6.92 Å². The Kier molecular flexibility index (Phi) is 3.10. The number of aliphatic imine (C=N–C) groups is 1. The molecule has 2 saturated heterocycles. The van der Waals surface area contributed by atoms with Crippen LogP contribution in [0.1, 0.15) is 28.8 Å². The molecule has 4 nitrogen and oxygen atoms in total. The second kappa shape index (κ2) is 4.95. The van der Waals surface area contributed by atoms with Crippen LogP contribution in [0.4, 0.5) is 0 Å². The Morgan fingerprint density at radius 1 is 1.35 bits per heavy atom. The standard InChI is InChI=1S/C16H21N3O/c1-11-13(15-8-18-15)3-2-4-14(11)16-9-19-6-5-17-7-12(19)10-20-16/h2-4,8,12,15-17H,5-7,9-10H2,1H3/t12-,15?,16+/m1/s1. The first-order chi connectivity index (χ1) is 9.83. The fraction of sp³-hybridized carbons (Fsp3) is 0.562. The van der Waals surface area contributed by atoms with E-state index in [1.807, 2.05) is 6.21 Å².